The van der Waals surface area contributed by atoms with Gasteiger partial charge in [-0.25, -0.2) is 0 Å². The molecular weight excluding hydrogens is 249 g/mol. The van der Waals surface area contributed by atoms with Crippen molar-refractivity contribution < 1.29 is 23.1 Å². The maximum absolute atomic E-state index is 12.2. The van der Waals surface area contributed by atoms with Crippen LogP contribution >= 0.6 is 0 Å². The number of hydrogen-bond donors (Lipinski definition) is 2. The monoisotopic (exact) mass is 264 g/mol. The van der Waals surface area contributed by atoms with Crippen molar-refractivity contribution in [1.29, 1.82) is 0 Å². The van der Waals surface area contributed by atoms with Gasteiger partial charge in [0.25, 0.3) is 5.91 Å². The van der Waals surface area contributed by atoms with Crippen LogP contribution in [0, 0.1) is 0 Å². The van der Waals surface area contributed by atoms with Gasteiger partial charge in [-0.1, -0.05) is 0 Å². The summed E-state index contributed by atoms with van der Waals surface area (Å²) >= 11 is 0. The zero-order valence-electron chi connectivity index (χ0n) is 10.1. The highest BCUT2D eigenvalue weighted by atomic mass is 19.4. The molecule has 1 heterocycles. The number of alkyl halides is 3. The molecule has 102 valence electrons. The third-order valence-corrected chi connectivity index (χ3v) is 2.09. The van der Waals surface area contributed by atoms with Gasteiger partial charge in [-0.15, -0.1) is 0 Å². The van der Waals surface area contributed by atoms with Crippen LogP contribution in [0.25, 0.3) is 0 Å². The van der Waals surface area contributed by atoms with Gasteiger partial charge in [-0.05, 0) is 26.0 Å². The number of aliphatic hydroxyl groups is 1. The van der Waals surface area contributed by atoms with E-state index in [0.29, 0.717) is 0 Å². The average molecular weight is 264 g/mol. The molecule has 0 saturated carbocycles. The van der Waals surface area contributed by atoms with Crippen LogP contribution in [-0.4, -0.2) is 33.9 Å². The van der Waals surface area contributed by atoms with E-state index in [1.165, 1.54) is 32.2 Å². The summed E-state index contributed by atoms with van der Waals surface area (Å²) in [7, 11) is 0. The molecule has 2 N–H and O–H groups in total. The fraction of sp³-hybridized carbons (Fsp3) is 0.545. The Hall–Kier alpha value is -1.50. The molecule has 0 atom stereocenters. The van der Waals surface area contributed by atoms with Crippen LogP contribution in [-0.2, 0) is 6.54 Å². The van der Waals surface area contributed by atoms with Crippen molar-refractivity contribution in [2.24, 2.45) is 0 Å². The lowest BCUT2D eigenvalue weighted by atomic mass is 10.1. The maximum atomic E-state index is 12.2. The smallest absolute Gasteiger partial charge is 0.389 e. The van der Waals surface area contributed by atoms with E-state index in [4.69, 9.17) is 0 Å². The van der Waals surface area contributed by atoms with E-state index in [1.807, 2.05) is 0 Å². The topological polar surface area (TPSA) is 54.3 Å². The zero-order valence-corrected chi connectivity index (χ0v) is 10.1. The highest BCUT2D eigenvalue weighted by molar-refractivity contribution is 5.92. The van der Waals surface area contributed by atoms with Crippen molar-refractivity contribution in [2.75, 3.05) is 6.54 Å². The van der Waals surface area contributed by atoms with Gasteiger partial charge in [0.15, 0.2) is 0 Å². The molecule has 0 aliphatic heterocycles. The minimum atomic E-state index is -4.38. The molecule has 1 rings (SSSR count). The second kappa shape index (κ2) is 5.01. The third-order valence-electron chi connectivity index (χ3n) is 2.09. The van der Waals surface area contributed by atoms with Gasteiger partial charge in [0.05, 0.1) is 5.60 Å². The molecular formula is C11H15F3N2O2. The van der Waals surface area contributed by atoms with E-state index in [9.17, 15) is 23.1 Å². The molecule has 0 radical (unpaired) electrons. The first kappa shape index (κ1) is 14.6. The van der Waals surface area contributed by atoms with E-state index < -0.39 is 24.2 Å². The molecule has 1 aromatic heterocycles. The van der Waals surface area contributed by atoms with E-state index in [-0.39, 0.29) is 12.2 Å². The molecule has 7 heteroatoms. The van der Waals surface area contributed by atoms with Crippen LogP contribution < -0.4 is 5.32 Å². The fourth-order valence-corrected chi connectivity index (χ4v) is 1.34. The third kappa shape index (κ3) is 4.79. The molecule has 0 aliphatic rings. The minimum absolute atomic E-state index is 0.0387. The van der Waals surface area contributed by atoms with Crippen molar-refractivity contribution in [2.45, 2.75) is 32.2 Å². The standard InChI is InChI=1S/C11H15F3N2O2/c1-10(2,18)6-15-9(17)8-4-3-5-16(8)7-11(12,13)14/h3-5,18H,6-7H2,1-2H3,(H,15,17). The van der Waals surface area contributed by atoms with E-state index >= 15 is 0 Å². The Morgan fingerprint density at radius 1 is 1.44 bits per heavy atom. The van der Waals surface area contributed by atoms with Crippen molar-refractivity contribution in [1.82, 2.24) is 9.88 Å². The predicted octanol–water partition coefficient (Wildman–Crippen LogP) is 1.55. The first-order valence-electron chi connectivity index (χ1n) is 5.31. The van der Waals surface area contributed by atoms with Crippen molar-refractivity contribution in [3.63, 3.8) is 0 Å². The van der Waals surface area contributed by atoms with Crippen LogP contribution in [0.2, 0.25) is 0 Å². The zero-order chi connectivity index (χ0) is 14.0. The van der Waals surface area contributed by atoms with Gasteiger partial charge in [0.2, 0.25) is 0 Å². The van der Waals surface area contributed by atoms with Gasteiger partial charge in [-0.3, -0.25) is 4.79 Å². The predicted molar refractivity (Wildman–Crippen MR) is 59.1 cm³/mol. The number of carbonyl (C=O) groups excluding carboxylic acids is 1. The molecule has 0 saturated heterocycles. The average Bonchev–Trinajstić information content (AvgIpc) is 2.58. The summed E-state index contributed by atoms with van der Waals surface area (Å²) in [5.74, 6) is -0.647. The first-order valence-corrected chi connectivity index (χ1v) is 5.31. The highest BCUT2D eigenvalue weighted by Gasteiger charge is 2.29. The second-order valence-corrected chi connectivity index (χ2v) is 4.63. The van der Waals surface area contributed by atoms with Crippen molar-refractivity contribution >= 4 is 5.91 Å². The van der Waals surface area contributed by atoms with Crippen LogP contribution in [0.1, 0.15) is 24.3 Å². The van der Waals surface area contributed by atoms with Crippen LogP contribution in [0.15, 0.2) is 18.3 Å². The Bertz CT molecular complexity index is 419. The van der Waals surface area contributed by atoms with Gasteiger partial charge < -0.3 is 15.0 Å². The van der Waals surface area contributed by atoms with Gasteiger partial charge in [-0.2, -0.15) is 13.2 Å². The Balaban J connectivity index is 2.72. The Labute approximate surface area is 102 Å². The maximum Gasteiger partial charge on any atom is 0.406 e. The summed E-state index contributed by atoms with van der Waals surface area (Å²) in [5.41, 5.74) is -1.20. The van der Waals surface area contributed by atoms with Gasteiger partial charge in [0.1, 0.15) is 12.2 Å². The molecule has 18 heavy (non-hydrogen) atoms. The number of hydrogen-bond acceptors (Lipinski definition) is 2. The number of aromatic nitrogens is 1. The molecule has 0 unspecified atom stereocenters. The number of carbonyl (C=O) groups is 1. The summed E-state index contributed by atoms with van der Waals surface area (Å²) in [5, 5.41) is 11.8. The van der Waals surface area contributed by atoms with Crippen LogP contribution in [0.5, 0.6) is 0 Å². The quantitative estimate of drug-likeness (QED) is 0.867. The number of amides is 1. The molecule has 0 aliphatic carbocycles. The van der Waals surface area contributed by atoms with Crippen molar-refractivity contribution in [3.05, 3.63) is 24.0 Å². The molecule has 0 fully saturated rings. The summed E-state index contributed by atoms with van der Waals surface area (Å²) in [4.78, 5) is 11.6. The molecule has 0 spiro atoms. The lowest BCUT2D eigenvalue weighted by molar-refractivity contribution is -0.140. The van der Waals surface area contributed by atoms with Crippen LogP contribution in [0.4, 0.5) is 13.2 Å². The first-order chi connectivity index (χ1) is 8.08. The molecule has 1 aromatic rings. The number of rotatable bonds is 4. The summed E-state index contributed by atoms with van der Waals surface area (Å²) < 4.78 is 37.6. The lowest BCUT2D eigenvalue weighted by Crippen LogP contribution is -2.39. The normalized spacial score (nSPS) is 12.6. The number of nitrogens with one attached hydrogen (secondary N) is 1. The number of nitrogens with zero attached hydrogens (tertiary/aromatic N) is 1. The Morgan fingerprint density at radius 3 is 2.56 bits per heavy atom. The lowest BCUT2D eigenvalue weighted by Gasteiger charge is -2.18. The Kier molecular flexibility index (Phi) is 4.05. The Morgan fingerprint density at radius 2 is 2.06 bits per heavy atom. The SMILES string of the molecule is CC(C)(O)CNC(=O)c1cccn1CC(F)(F)F. The molecule has 1 amide bonds. The summed E-state index contributed by atoms with van der Waals surface area (Å²) in [6, 6.07) is 2.66. The molecule has 4 nitrogen and oxygen atoms in total. The van der Waals surface area contributed by atoms with Gasteiger partial charge >= 0.3 is 6.18 Å². The molecule has 0 aromatic carbocycles. The van der Waals surface area contributed by atoms with E-state index in [2.05, 4.69) is 5.32 Å². The van der Waals surface area contributed by atoms with E-state index in [0.717, 1.165) is 4.57 Å². The van der Waals surface area contributed by atoms with E-state index in [1.54, 1.807) is 0 Å². The fourth-order valence-electron chi connectivity index (χ4n) is 1.34. The largest absolute Gasteiger partial charge is 0.406 e. The minimum Gasteiger partial charge on any atom is -0.389 e. The second-order valence-electron chi connectivity index (χ2n) is 4.63. The van der Waals surface area contributed by atoms with Crippen LogP contribution in [0.3, 0.4) is 0 Å². The van der Waals surface area contributed by atoms with Crippen molar-refractivity contribution in [3.8, 4) is 0 Å². The van der Waals surface area contributed by atoms with Gasteiger partial charge in [0, 0.05) is 12.7 Å². The molecule has 0 bridgehead atoms. The summed E-state index contributed by atoms with van der Waals surface area (Å²) in [6.07, 6.45) is -3.20. The number of halogens is 3. The summed E-state index contributed by atoms with van der Waals surface area (Å²) in [6.45, 7) is 1.72. The highest BCUT2D eigenvalue weighted by Crippen LogP contribution is 2.19.